The van der Waals surface area contributed by atoms with Gasteiger partial charge in [0.25, 0.3) is 0 Å². The second-order valence-electron chi connectivity index (χ2n) is 4.36. The van der Waals surface area contributed by atoms with Crippen molar-refractivity contribution in [2.75, 3.05) is 0 Å². The highest BCUT2D eigenvalue weighted by Crippen LogP contribution is 2.21. The fourth-order valence-electron chi connectivity index (χ4n) is 1.89. The van der Waals surface area contributed by atoms with Gasteiger partial charge in [-0.15, -0.1) is 0 Å². The molecule has 2 nitrogen and oxygen atoms in total. The zero-order chi connectivity index (χ0) is 13.4. The van der Waals surface area contributed by atoms with Crippen LogP contribution in [0.25, 0.3) is 0 Å². The number of hydrogen-bond acceptors (Lipinski definition) is 2. The van der Waals surface area contributed by atoms with Crippen LogP contribution in [0, 0.1) is 11.3 Å². The molecule has 1 rings (SSSR count). The average molecular weight is 308 g/mol. The molecule has 96 valence electrons. The van der Waals surface area contributed by atoms with E-state index in [4.69, 9.17) is 5.26 Å². The molecule has 0 fully saturated rings. The molecule has 0 bridgehead atoms. The van der Waals surface area contributed by atoms with E-state index < -0.39 is 0 Å². The minimum Gasteiger partial charge on any atom is -0.294 e. The van der Waals surface area contributed by atoms with Gasteiger partial charge in [-0.1, -0.05) is 38.7 Å². The van der Waals surface area contributed by atoms with Crippen LogP contribution >= 0.6 is 15.9 Å². The van der Waals surface area contributed by atoms with E-state index in [1.165, 1.54) is 19.3 Å². The van der Waals surface area contributed by atoms with E-state index in [9.17, 15) is 4.79 Å². The predicted molar refractivity (Wildman–Crippen MR) is 76.6 cm³/mol. The Morgan fingerprint density at radius 1 is 1.28 bits per heavy atom. The number of nitrogens with zero attached hydrogens (tertiary/aromatic N) is 1. The maximum atomic E-state index is 12.0. The number of nitriles is 1. The lowest BCUT2D eigenvalue weighted by Crippen LogP contribution is -2.02. The van der Waals surface area contributed by atoms with Crippen molar-refractivity contribution >= 4 is 21.7 Å². The Labute approximate surface area is 117 Å². The molecule has 0 saturated heterocycles. The molecule has 0 heterocycles. The first kappa shape index (κ1) is 14.9. The zero-order valence-electron chi connectivity index (χ0n) is 10.7. The molecule has 0 aliphatic rings. The smallest absolute Gasteiger partial charge is 0.164 e. The summed E-state index contributed by atoms with van der Waals surface area (Å²) in [6.07, 6.45) is 6.17. The highest BCUT2D eigenvalue weighted by Gasteiger charge is 2.12. The molecule has 0 spiro atoms. The van der Waals surface area contributed by atoms with Gasteiger partial charge in [0.1, 0.15) is 6.07 Å². The van der Waals surface area contributed by atoms with Gasteiger partial charge in [-0.05, 0) is 34.5 Å². The van der Waals surface area contributed by atoms with Crippen molar-refractivity contribution in [3.63, 3.8) is 0 Å². The zero-order valence-corrected chi connectivity index (χ0v) is 12.3. The summed E-state index contributed by atoms with van der Waals surface area (Å²) < 4.78 is 0.696. The third kappa shape index (κ3) is 4.27. The van der Waals surface area contributed by atoms with E-state index in [1.807, 2.05) is 0 Å². The van der Waals surface area contributed by atoms with Crippen molar-refractivity contribution in [2.45, 2.75) is 45.4 Å². The molecular weight excluding hydrogens is 290 g/mol. The highest BCUT2D eigenvalue weighted by atomic mass is 79.9. The lowest BCUT2D eigenvalue weighted by molar-refractivity contribution is 0.0979. The number of hydrogen-bond donors (Lipinski definition) is 0. The molecule has 0 atom stereocenters. The first-order chi connectivity index (χ1) is 8.70. The number of ketones is 1. The average Bonchev–Trinajstić information content (AvgIpc) is 2.38. The third-order valence-electron chi connectivity index (χ3n) is 2.93. The standard InChI is InChI=1S/C15H18BrNO/c1-2-3-4-5-6-10-15(18)12-8-7-9-14(16)13(12)11-17/h7-9H,2-6,10H2,1H3. The summed E-state index contributed by atoms with van der Waals surface area (Å²) in [5, 5.41) is 9.06. The van der Waals surface area contributed by atoms with Crippen LogP contribution in [-0.2, 0) is 0 Å². The Morgan fingerprint density at radius 2 is 2.00 bits per heavy atom. The minimum atomic E-state index is 0.0735. The van der Waals surface area contributed by atoms with Gasteiger partial charge in [-0.2, -0.15) is 5.26 Å². The van der Waals surface area contributed by atoms with Crippen LogP contribution in [0.2, 0.25) is 0 Å². The van der Waals surface area contributed by atoms with Gasteiger partial charge in [0, 0.05) is 16.5 Å². The van der Waals surface area contributed by atoms with E-state index in [0.29, 0.717) is 22.0 Å². The number of carbonyl (C=O) groups excluding carboxylic acids is 1. The summed E-state index contributed by atoms with van der Waals surface area (Å²) in [5.41, 5.74) is 0.999. The summed E-state index contributed by atoms with van der Waals surface area (Å²) in [4.78, 5) is 12.0. The Balaban J connectivity index is 2.57. The number of Topliss-reactive ketones (excluding diaryl/α,β-unsaturated/α-hetero) is 1. The van der Waals surface area contributed by atoms with Crippen molar-refractivity contribution < 1.29 is 4.79 Å². The van der Waals surface area contributed by atoms with E-state index in [1.54, 1.807) is 18.2 Å². The molecule has 0 N–H and O–H groups in total. The van der Waals surface area contributed by atoms with Crippen molar-refractivity contribution in [1.29, 1.82) is 5.26 Å². The molecule has 0 aliphatic carbocycles. The van der Waals surface area contributed by atoms with Crippen LogP contribution in [-0.4, -0.2) is 5.78 Å². The van der Waals surface area contributed by atoms with Gasteiger partial charge in [-0.25, -0.2) is 0 Å². The summed E-state index contributed by atoms with van der Waals surface area (Å²) in [6.45, 7) is 2.17. The Bertz CT molecular complexity index is 448. The number of carbonyl (C=O) groups is 1. The van der Waals surface area contributed by atoms with Crippen LogP contribution in [0.4, 0.5) is 0 Å². The third-order valence-corrected chi connectivity index (χ3v) is 3.59. The lowest BCUT2D eigenvalue weighted by Gasteiger charge is -2.04. The second-order valence-corrected chi connectivity index (χ2v) is 5.22. The molecule has 0 aliphatic heterocycles. The van der Waals surface area contributed by atoms with Gasteiger partial charge in [0.2, 0.25) is 0 Å². The van der Waals surface area contributed by atoms with Crippen LogP contribution in [0.5, 0.6) is 0 Å². The summed E-state index contributed by atoms with van der Waals surface area (Å²) >= 11 is 3.30. The molecule has 3 heteroatoms. The second kappa shape index (κ2) is 8.05. The molecule has 0 unspecified atom stereocenters. The van der Waals surface area contributed by atoms with Crippen LogP contribution in [0.3, 0.4) is 0 Å². The fourth-order valence-corrected chi connectivity index (χ4v) is 2.35. The molecule has 1 aromatic carbocycles. The SMILES string of the molecule is CCCCCCCC(=O)c1cccc(Br)c1C#N. The van der Waals surface area contributed by atoms with Crippen molar-refractivity contribution in [2.24, 2.45) is 0 Å². The van der Waals surface area contributed by atoms with Crippen molar-refractivity contribution in [3.8, 4) is 6.07 Å². The number of halogens is 1. The highest BCUT2D eigenvalue weighted by molar-refractivity contribution is 9.10. The number of benzene rings is 1. The molecule has 0 amide bonds. The molecule has 1 aromatic rings. The first-order valence-electron chi connectivity index (χ1n) is 6.42. The fraction of sp³-hybridized carbons (Fsp3) is 0.467. The normalized spacial score (nSPS) is 10.1. The van der Waals surface area contributed by atoms with Crippen molar-refractivity contribution in [1.82, 2.24) is 0 Å². The largest absolute Gasteiger partial charge is 0.294 e. The summed E-state index contributed by atoms with van der Waals surface area (Å²) in [5.74, 6) is 0.0735. The van der Waals surface area contributed by atoms with Gasteiger partial charge in [0.15, 0.2) is 5.78 Å². The van der Waals surface area contributed by atoms with Gasteiger partial charge in [0.05, 0.1) is 5.56 Å². The molecule has 0 saturated carbocycles. The topological polar surface area (TPSA) is 40.9 Å². The lowest BCUT2D eigenvalue weighted by atomic mass is 10.00. The van der Waals surface area contributed by atoms with E-state index in [-0.39, 0.29) is 5.78 Å². The molecule has 0 radical (unpaired) electrons. The van der Waals surface area contributed by atoms with Crippen LogP contribution < -0.4 is 0 Å². The quantitative estimate of drug-likeness (QED) is 0.533. The monoisotopic (exact) mass is 307 g/mol. The Morgan fingerprint density at radius 3 is 2.67 bits per heavy atom. The summed E-state index contributed by atoms with van der Waals surface area (Å²) in [6, 6.07) is 7.41. The van der Waals surface area contributed by atoms with Crippen LogP contribution in [0.15, 0.2) is 22.7 Å². The van der Waals surface area contributed by atoms with E-state index >= 15 is 0 Å². The Kier molecular flexibility index (Phi) is 6.67. The van der Waals surface area contributed by atoms with Crippen molar-refractivity contribution in [3.05, 3.63) is 33.8 Å². The number of rotatable bonds is 7. The van der Waals surface area contributed by atoms with E-state index in [0.717, 1.165) is 12.8 Å². The molecule has 0 aromatic heterocycles. The minimum absolute atomic E-state index is 0.0735. The predicted octanol–water partition coefficient (Wildman–Crippen LogP) is 4.86. The maximum absolute atomic E-state index is 12.0. The van der Waals surface area contributed by atoms with Gasteiger partial charge < -0.3 is 0 Å². The molecule has 18 heavy (non-hydrogen) atoms. The van der Waals surface area contributed by atoms with E-state index in [2.05, 4.69) is 28.9 Å². The van der Waals surface area contributed by atoms with Crippen LogP contribution in [0.1, 0.15) is 61.4 Å². The number of unbranched alkanes of at least 4 members (excludes halogenated alkanes) is 4. The summed E-state index contributed by atoms with van der Waals surface area (Å²) in [7, 11) is 0. The first-order valence-corrected chi connectivity index (χ1v) is 7.21. The Hall–Kier alpha value is -1.14. The maximum Gasteiger partial charge on any atom is 0.164 e. The van der Waals surface area contributed by atoms with Gasteiger partial charge >= 0.3 is 0 Å². The van der Waals surface area contributed by atoms with Gasteiger partial charge in [-0.3, -0.25) is 4.79 Å². The molecular formula is C15H18BrNO.